The fourth-order valence-electron chi connectivity index (χ4n) is 2.23. The molecule has 1 fully saturated rings. The summed E-state index contributed by atoms with van der Waals surface area (Å²) in [6.07, 6.45) is 4.38. The molecule has 0 amide bonds. The first-order valence-corrected chi connectivity index (χ1v) is 7.11. The molecular formula is C15H16BrNO. The lowest BCUT2D eigenvalue weighted by Gasteiger charge is -2.20. The van der Waals surface area contributed by atoms with Gasteiger partial charge in [-0.25, -0.2) is 0 Å². The maximum absolute atomic E-state index is 5.45. The van der Waals surface area contributed by atoms with Crippen LogP contribution in [0.15, 0.2) is 51.6 Å². The van der Waals surface area contributed by atoms with Crippen molar-refractivity contribution in [1.82, 2.24) is 4.90 Å². The number of hydrogen-bond donors (Lipinski definition) is 0. The van der Waals surface area contributed by atoms with Gasteiger partial charge in [0.05, 0.1) is 12.8 Å². The van der Waals surface area contributed by atoms with Gasteiger partial charge in [-0.1, -0.05) is 28.1 Å². The quantitative estimate of drug-likeness (QED) is 0.823. The Morgan fingerprint density at radius 1 is 1.17 bits per heavy atom. The average molecular weight is 306 g/mol. The van der Waals surface area contributed by atoms with Crippen LogP contribution in [0.25, 0.3) is 0 Å². The summed E-state index contributed by atoms with van der Waals surface area (Å²) in [4.78, 5) is 2.50. The van der Waals surface area contributed by atoms with E-state index in [4.69, 9.17) is 4.42 Å². The highest BCUT2D eigenvalue weighted by molar-refractivity contribution is 9.10. The molecule has 18 heavy (non-hydrogen) atoms. The van der Waals surface area contributed by atoms with Gasteiger partial charge in [-0.05, 0) is 42.7 Å². The SMILES string of the molecule is Brc1cccc(CN(Cc2ccco2)C2CC2)c1. The summed E-state index contributed by atoms with van der Waals surface area (Å²) in [5, 5.41) is 0. The monoisotopic (exact) mass is 305 g/mol. The normalized spacial score (nSPS) is 15.2. The van der Waals surface area contributed by atoms with Gasteiger partial charge in [0.15, 0.2) is 0 Å². The molecule has 1 aliphatic carbocycles. The molecular weight excluding hydrogens is 290 g/mol. The fourth-order valence-corrected chi connectivity index (χ4v) is 2.67. The van der Waals surface area contributed by atoms with Crippen molar-refractivity contribution in [2.75, 3.05) is 0 Å². The molecule has 3 heteroatoms. The van der Waals surface area contributed by atoms with Gasteiger partial charge in [-0.3, -0.25) is 4.90 Å². The Labute approximate surface area is 116 Å². The molecule has 2 nitrogen and oxygen atoms in total. The van der Waals surface area contributed by atoms with E-state index in [1.54, 1.807) is 6.26 Å². The second-order valence-electron chi connectivity index (χ2n) is 4.85. The maximum atomic E-state index is 5.45. The van der Waals surface area contributed by atoms with E-state index < -0.39 is 0 Å². The van der Waals surface area contributed by atoms with Crippen molar-refractivity contribution >= 4 is 15.9 Å². The molecule has 1 aromatic heterocycles. The predicted octanol–water partition coefficient (Wildman–Crippen LogP) is 4.21. The lowest BCUT2D eigenvalue weighted by atomic mass is 10.2. The minimum absolute atomic E-state index is 0.731. The Kier molecular flexibility index (Phi) is 3.52. The van der Waals surface area contributed by atoms with Crippen molar-refractivity contribution in [3.05, 3.63) is 58.5 Å². The second kappa shape index (κ2) is 5.29. The molecule has 1 aromatic carbocycles. The summed E-state index contributed by atoms with van der Waals surface area (Å²) in [7, 11) is 0. The van der Waals surface area contributed by atoms with E-state index in [-0.39, 0.29) is 0 Å². The van der Waals surface area contributed by atoms with Crippen molar-refractivity contribution in [3.63, 3.8) is 0 Å². The Bertz CT molecular complexity index is 505. The lowest BCUT2D eigenvalue weighted by Crippen LogP contribution is -2.24. The zero-order valence-electron chi connectivity index (χ0n) is 10.2. The molecule has 2 aromatic rings. The number of benzene rings is 1. The first kappa shape index (κ1) is 12.0. The first-order valence-electron chi connectivity index (χ1n) is 6.32. The molecule has 94 valence electrons. The summed E-state index contributed by atoms with van der Waals surface area (Å²) < 4.78 is 6.60. The molecule has 1 aliphatic rings. The number of furan rings is 1. The highest BCUT2D eigenvalue weighted by Gasteiger charge is 2.29. The van der Waals surface area contributed by atoms with Crippen LogP contribution in [-0.4, -0.2) is 10.9 Å². The van der Waals surface area contributed by atoms with E-state index in [1.165, 1.54) is 18.4 Å². The van der Waals surface area contributed by atoms with Gasteiger partial charge < -0.3 is 4.42 Å². The van der Waals surface area contributed by atoms with Gasteiger partial charge in [-0.2, -0.15) is 0 Å². The van der Waals surface area contributed by atoms with Gasteiger partial charge in [0.1, 0.15) is 5.76 Å². The van der Waals surface area contributed by atoms with Crippen molar-refractivity contribution < 1.29 is 4.42 Å². The van der Waals surface area contributed by atoms with Crippen molar-refractivity contribution in [3.8, 4) is 0 Å². The lowest BCUT2D eigenvalue weighted by molar-refractivity contribution is 0.225. The highest BCUT2D eigenvalue weighted by Crippen LogP contribution is 2.30. The smallest absolute Gasteiger partial charge is 0.117 e. The van der Waals surface area contributed by atoms with Crippen LogP contribution >= 0.6 is 15.9 Å². The first-order chi connectivity index (χ1) is 8.81. The zero-order chi connectivity index (χ0) is 12.4. The Morgan fingerprint density at radius 3 is 2.72 bits per heavy atom. The van der Waals surface area contributed by atoms with Gasteiger partial charge in [0.25, 0.3) is 0 Å². The summed E-state index contributed by atoms with van der Waals surface area (Å²) in [6, 6.07) is 13.3. The Hall–Kier alpha value is -1.06. The van der Waals surface area contributed by atoms with E-state index in [0.29, 0.717) is 0 Å². The predicted molar refractivity (Wildman–Crippen MR) is 75.1 cm³/mol. The maximum Gasteiger partial charge on any atom is 0.117 e. The van der Waals surface area contributed by atoms with Crippen LogP contribution < -0.4 is 0 Å². The van der Waals surface area contributed by atoms with Crippen LogP contribution in [-0.2, 0) is 13.1 Å². The Morgan fingerprint density at radius 2 is 2.06 bits per heavy atom. The van der Waals surface area contributed by atoms with E-state index in [1.807, 2.05) is 6.07 Å². The van der Waals surface area contributed by atoms with Crippen LogP contribution in [0.4, 0.5) is 0 Å². The number of rotatable bonds is 5. The van der Waals surface area contributed by atoms with E-state index >= 15 is 0 Å². The summed E-state index contributed by atoms with van der Waals surface area (Å²) in [5.41, 5.74) is 1.35. The van der Waals surface area contributed by atoms with Crippen LogP contribution in [0.5, 0.6) is 0 Å². The van der Waals surface area contributed by atoms with Crippen molar-refractivity contribution in [2.24, 2.45) is 0 Å². The van der Waals surface area contributed by atoms with E-state index in [2.05, 4.69) is 51.2 Å². The molecule has 0 saturated heterocycles. The number of halogens is 1. The summed E-state index contributed by atoms with van der Waals surface area (Å²) >= 11 is 3.53. The third-order valence-electron chi connectivity index (χ3n) is 3.28. The van der Waals surface area contributed by atoms with Crippen molar-refractivity contribution in [2.45, 2.75) is 32.0 Å². The standard InChI is InChI=1S/C15H16BrNO/c16-13-4-1-3-12(9-13)10-17(14-6-7-14)11-15-5-2-8-18-15/h1-5,8-9,14H,6-7,10-11H2. The molecule has 3 rings (SSSR count). The molecule has 0 bridgehead atoms. The third kappa shape index (κ3) is 3.03. The topological polar surface area (TPSA) is 16.4 Å². The van der Waals surface area contributed by atoms with Crippen LogP contribution in [0.3, 0.4) is 0 Å². The average Bonchev–Trinajstić information content (AvgIpc) is 3.08. The molecule has 0 atom stereocenters. The molecule has 1 saturated carbocycles. The van der Waals surface area contributed by atoms with Crippen LogP contribution in [0.1, 0.15) is 24.2 Å². The van der Waals surface area contributed by atoms with Gasteiger partial charge in [-0.15, -0.1) is 0 Å². The van der Waals surface area contributed by atoms with Crippen LogP contribution in [0, 0.1) is 0 Å². The highest BCUT2D eigenvalue weighted by atomic mass is 79.9. The van der Waals surface area contributed by atoms with Gasteiger partial charge in [0, 0.05) is 17.1 Å². The van der Waals surface area contributed by atoms with E-state index in [9.17, 15) is 0 Å². The summed E-state index contributed by atoms with van der Waals surface area (Å²) in [5.74, 6) is 1.05. The zero-order valence-corrected chi connectivity index (χ0v) is 11.8. The van der Waals surface area contributed by atoms with E-state index in [0.717, 1.165) is 29.4 Å². The second-order valence-corrected chi connectivity index (χ2v) is 5.76. The minimum atomic E-state index is 0.731. The summed E-state index contributed by atoms with van der Waals surface area (Å²) in [6.45, 7) is 1.90. The molecule has 0 aliphatic heterocycles. The van der Waals surface area contributed by atoms with Crippen LogP contribution in [0.2, 0.25) is 0 Å². The Balaban J connectivity index is 1.70. The third-order valence-corrected chi connectivity index (χ3v) is 3.77. The molecule has 0 N–H and O–H groups in total. The van der Waals surface area contributed by atoms with Crippen molar-refractivity contribution in [1.29, 1.82) is 0 Å². The molecule has 1 heterocycles. The molecule has 0 radical (unpaired) electrons. The fraction of sp³-hybridized carbons (Fsp3) is 0.333. The largest absolute Gasteiger partial charge is 0.468 e. The molecule has 0 unspecified atom stereocenters. The number of nitrogens with zero attached hydrogens (tertiary/aromatic N) is 1. The number of hydrogen-bond acceptors (Lipinski definition) is 2. The van der Waals surface area contributed by atoms with Gasteiger partial charge in [0.2, 0.25) is 0 Å². The minimum Gasteiger partial charge on any atom is -0.468 e. The van der Waals surface area contributed by atoms with Gasteiger partial charge >= 0.3 is 0 Å². The molecule has 0 spiro atoms.